The molecule has 1 aliphatic heterocycles. The van der Waals surface area contributed by atoms with Crippen molar-refractivity contribution in [2.75, 3.05) is 26.8 Å². The molecule has 88 valence electrons. The summed E-state index contributed by atoms with van der Waals surface area (Å²) < 4.78 is 4.92. The number of hydrogen-bond acceptors (Lipinski definition) is 3. The number of hydrogen-bond donors (Lipinski definition) is 2. The summed E-state index contributed by atoms with van der Waals surface area (Å²) in [7, 11) is 1.69. The van der Waals surface area contributed by atoms with E-state index in [9.17, 15) is 4.79 Å². The van der Waals surface area contributed by atoms with Crippen LogP contribution < -0.4 is 10.6 Å². The van der Waals surface area contributed by atoms with Crippen molar-refractivity contribution >= 4 is 5.91 Å². The molecule has 0 bridgehead atoms. The quantitative estimate of drug-likeness (QED) is 0.612. The van der Waals surface area contributed by atoms with Crippen LogP contribution in [0.1, 0.15) is 32.1 Å². The first-order chi connectivity index (χ1) is 7.33. The molecule has 1 fully saturated rings. The van der Waals surface area contributed by atoms with Gasteiger partial charge in [0, 0.05) is 32.7 Å². The van der Waals surface area contributed by atoms with Gasteiger partial charge >= 0.3 is 0 Å². The number of rotatable bonds is 7. The number of ether oxygens (including phenoxy) is 1. The number of unbranched alkanes of at least 4 members (excludes halogenated alkanes) is 1. The third-order valence-corrected chi connectivity index (χ3v) is 2.71. The van der Waals surface area contributed by atoms with E-state index in [0.717, 1.165) is 32.5 Å². The lowest BCUT2D eigenvalue weighted by Gasteiger charge is -2.11. The van der Waals surface area contributed by atoms with E-state index >= 15 is 0 Å². The SMILES string of the molecule is COCCCCC(=O)NCC1CCCN1. The van der Waals surface area contributed by atoms with Crippen molar-refractivity contribution in [2.24, 2.45) is 0 Å². The summed E-state index contributed by atoms with van der Waals surface area (Å²) in [6, 6.07) is 0.493. The molecule has 0 aromatic rings. The molecule has 2 N–H and O–H groups in total. The third-order valence-electron chi connectivity index (χ3n) is 2.71. The van der Waals surface area contributed by atoms with Gasteiger partial charge < -0.3 is 15.4 Å². The van der Waals surface area contributed by atoms with Gasteiger partial charge in [0.25, 0.3) is 0 Å². The minimum absolute atomic E-state index is 0.166. The minimum atomic E-state index is 0.166. The molecule has 4 heteroatoms. The summed E-state index contributed by atoms with van der Waals surface area (Å²) in [5.74, 6) is 0.166. The van der Waals surface area contributed by atoms with E-state index in [1.54, 1.807) is 7.11 Å². The molecular formula is C11H22N2O2. The van der Waals surface area contributed by atoms with Gasteiger partial charge in [-0.05, 0) is 32.2 Å². The normalized spacial score (nSPS) is 20.5. The van der Waals surface area contributed by atoms with Crippen molar-refractivity contribution in [3.05, 3.63) is 0 Å². The predicted octanol–water partition coefficient (Wildman–Crippen LogP) is 0.671. The Hall–Kier alpha value is -0.610. The van der Waals surface area contributed by atoms with E-state index in [2.05, 4.69) is 10.6 Å². The summed E-state index contributed by atoms with van der Waals surface area (Å²) in [6.45, 7) is 2.62. The van der Waals surface area contributed by atoms with Gasteiger partial charge in [-0.15, -0.1) is 0 Å². The van der Waals surface area contributed by atoms with Gasteiger partial charge in [0.1, 0.15) is 0 Å². The zero-order valence-electron chi connectivity index (χ0n) is 9.55. The van der Waals surface area contributed by atoms with Crippen molar-refractivity contribution in [3.63, 3.8) is 0 Å². The first-order valence-electron chi connectivity index (χ1n) is 5.82. The van der Waals surface area contributed by atoms with Crippen LogP contribution in [-0.2, 0) is 9.53 Å². The Morgan fingerprint density at radius 1 is 1.53 bits per heavy atom. The topological polar surface area (TPSA) is 50.4 Å². The molecule has 0 spiro atoms. The highest BCUT2D eigenvalue weighted by atomic mass is 16.5. The fraction of sp³-hybridized carbons (Fsp3) is 0.909. The summed E-state index contributed by atoms with van der Waals surface area (Å²) >= 11 is 0. The van der Waals surface area contributed by atoms with Crippen LogP contribution >= 0.6 is 0 Å². The number of amides is 1. The molecule has 1 unspecified atom stereocenters. The van der Waals surface area contributed by atoms with Crippen LogP contribution in [-0.4, -0.2) is 38.8 Å². The lowest BCUT2D eigenvalue weighted by atomic mass is 10.2. The van der Waals surface area contributed by atoms with Crippen LogP contribution in [0.3, 0.4) is 0 Å². The molecule has 0 radical (unpaired) electrons. The molecule has 0 aliphatic carbocycles. The second-order valence-corrected chi connectivity index (χ2v) is 4.05. The molecule has 0 aromatic heterocycles. The molecule has 0 aromatic carbocycles. The highest BCUT2D eigenvalue weighted by molar-refractivity contribution is 5.75. The monoisotopic (exact) mass is 214 g/mol. The first-order valence-corrected chi connectivity index (χ1v) is 5.82. The van der Waals surface area contributed by atoms with Crippen molar-refractivity contribution < 1.29 is 9.53 Å². The van der Waals surface area contributed by atoms with Gasteiger partial charge in [-0.3, -0.25) is 4.79 Å². The standard InChI is InChI=1S/C11H22N2O2/c1-15-8-3-2-6-11(14)13-9-10-5-4-7-12-10/h10,12H,2-9H2,1H3,(H,13,14). The minimum Gasteiger partial charge on any atom is -0.385 e. The van der Waals surface area contributed by atoms with Gasteiger partial charge in [-0.25, -0.2) is 0 Å². The molecule has 0 saturated carbocycles. The predicted molar refractivity (Wildman–Crippen MR) is 59.8 cm³/mol. The molecular weight excluding hydrogens is 192 g/mol. The number of carbonyl (C=O) groups excluding carboxylic acids is 1. The lowest BCUT2D eigenvalue weighted by Crippen LogP contribution is -2.37. The van der Waals surface area contributed by atoms with Gasteiger partial charge in [0.2, 0.25) is 5.91 Å². The lowest BCUT2D eigenvalue weighted by molar-refractivity contribution is -0.121. The van der Waals surface area contributed by atoms with Crippen molar-refractivity contribution in [1.82, 2.24) is 10.6 Å². The van der Waals surface area contributed by atoms with E-state index in [1.165, 1.54) is 12.8 Å². The van der Waals surface area contributed by atoms with Crippen molar-refractivity contribution in [3.8, 4) is 0 Å². The Kier molecular flexibility index (Phi) is 6.36. The molecule has 4 nitrogen and oxygen atoms in total. The van der Waals surface area contributed by atoms with Gasteiger partial charge in [0.15, 0.2) is 0 Å². The highest BCUT2D eigenvalue weighted by Crippen LogP contribution is 2.03. The fourth-order valence-corrected chi connectivity index (χ4v) is 1.79. The smallest absolute Gasteiger partial charge is 0.220 e. The zero-order valence-corrected chi connectivity index (χ0v) is 9.55. The molecule has 1 atom stereocenters. The van der Waals surface area contributed by atoms with Crippen molar-refractivity contribution in [2.45, 2.75) is 38.1 Å². The van der Waals surface area contributed by atoms with Crippen LogP contribution in [0.5, 0.6) is 0 Å². The molecule has 1 rings (SSSR count). The molecule has 1 heterocycles. The second-order valence-electron chi connectivity index (χ2n) is 4.05. The zero-order chi connectivity index (χ0) is 10.9. The summed E-state index contributed by atoms with van der Waals surface area (Å²) in [6.07, 6.45) is 4.91. The molecule has 15 heavy (non-hydrogen) atoms. The number of methoxy groups -OCH3 is 1. The van der Waals surface area contributed by atoms with Gasteiger partial charge in [-0.2, -0.15) is 0 Å². The largest absolute Gasteiger partial charge is 0.385 e. The van der Waals surface area contributed by atoms with Gasteiger partial charge in [-0.1, -0.05) is 0 Å². The van der Waals surface area contributed by atoms with E-state index < -0.39 is 0 Å². The summed E-state index contributed by atoms with van der Waals surface area (Å²) in [4.78, 5) is 11.4. The maximum absolute atomic E-state index is 11.4. The fourth-order valence-electron chi connectivity index (χ4n) is 1.79. The Morgan fingerprint density at radius 3 is 3.07 bits per heavy atom. The molecule has 1 amide bonds. The van der Waals surface area contributed by atoms with Crippen LogP contribution in [0.15, 0.2) is 0 Å². The summed E-state index contributed by atoms with van der Waals surface area (Å²) in [5, 5.41) is 6.31. The van der Waals surface area contributed by atoms with Crippen LogP contribution in [0.2, 0.25) is 0 Å². The maximum Gasteiger partial charge on any atom is 0.220 e. The van der Waals surface area contributed by atoms with E-state index in [0.29, 0.717) is 12.5 Å². The Balaban J connectivity index is 1.93. The Bertz CT molecular complexity index is 179. The van der Waals surface area contributed by atoms with E-state index in [-0.39, 0.29) is 5.91 Å². The highest BCUT2D eigenvalue weighted by Gasteiger charge is 2.14. The Labute approximate surface area is 91.8 Å². The van der Waals surface area contributed by atoms with E-state index in [1.807, 2.05) is 0 Å². The summed E-state index contributed by atoms with van der Waals surface area (Å²) in [5.41, 5.74) is 0. The van der Waals surface area contributed by atoms with Crippen LogP contribution in [0.4, 0.5) is 0 Å². The first kappa shape index (κ1) is 12.5. The molecule has 1 aliphatic rings. The number of nitrogens with one attached hydrogen (secondary N) is 2. The third kappa shape index (κ3) is 5.74. The van der Waals surface area contributed by atoms with Crippen LogP contribution in [0, 0.1) is 0 Å². The maximum atomic E-state index is 11.4. The van der Waals surface area contributed by atoms with Crippen LogP contribution in [0.25, 0.3) is 0 Å². The van der Waals surface area contributed by atoms with Gasteiger partial charge in [0.05, 0.1) is 0 Å². The second kappa shape index (κ2) is 7.65. The Morgan fingerprint density at radius 2 is 2.40 bits per heavy atom. The number of carbonyl (C=O) groups is 1. The molecule has 1 saturated heterocycles. The van der Waals surface area contributed by atoms with Crippen molar-refractivity contribution in [1.29, 1.82) is 0 Å². The average Bonchev–Trinajstić information content (AvgIpc) is 2.74. The van der Waals surface area contributed by atoms with E-state index in [4.69, 9.17) is 4.74 Å². The average molecular weight is 214 g/mol.